The zero-order valence-corrected chi connectivity index (χ0v) is 18.6. The minimum atomic E-state index is 0.128. The second-order valence-electron chi connectivity index (χ2n) is 7.44. The van der Waals surface area contributed by atoms with Gasteiger partial charge < -0.3 is 29.6 Å². The van der Waals surface area contributed by atoms with E-state index in [2.05, 4.69) is 40.7 Å². The number of rotatable bonds is 10. The first-order valence-corrected chi connectivity index (χ1v) is 10.7. The zero-order chi connectivity index (χ0) is 21.9. The third kappa shape index (κ3) is 7.36. The highest BCUT2D eigenvalue weighted by Gasteiger charge is 2.18. The maximum Gasteiger partial charge on any atom is 0.191 e. The van der Waals surface area contributed by atoms with Crippen molar-refractivity contribution in [3.8, 4) is 17.2 Å². The fraction of sp³-hybridized carbons (Fsp3) is 0.458. The van der Waals surface area contributed by atoms with Gasteiger partial charge in [-0.1, -0.05) is 12.1 Å². The summed E-state index contributed by atoms with van der Waals surface area (Å²) in [5.41, 5.74) is 2.28. The number of nitrogens with one attached hydrogen (secondary N) is 2. The molecule has 0 bridgehead atoms. The third-order valence-corrected chi connectivity index (χ3v) is 5.02. The molecule has 168 valence electrons. The van der Waals surface area contributed by atoms with Crippen LogP contribution in [0.15, 0.2) is 47.5 Å². The lowest BCUT2D eigenvalue weighted by Gasteiger charge is -2.18. The van der Waals surface area contributed by atoms with Crippen molar-refractivity contribution in [3.05, 3.63) is 53.6 Å². The summed E-state index contributed by atoms with van der Waals surface area (Å²) in [4.78, 5) is 4.31. The van der Waals surface area contributed by atoms with E-state index in [9.17, 15) is 0 Å². The second kappa shape index (κ2) is 12.1. The molecule has 0 spiro atoms. The predicted octanol–water partition coefficient (Wildman–Crippen LogP) is 3.31. The van der Waals surface area contributed by atoms with Gasteiger partial charge in [0.1, 0.15) is 23.4 Å². The molecule has 1 heterocycles. The molecular formula is C24H33N3O4. The van der Waals surface area contributed by atoms with Crippen LogP contribution in [0.1, 0.15) is 24.0 Å². The summed E-state index contributed by atoms with van der Waals surface area (Å²) >= 11 is 0. The van der Waals surface area contributed by atoms with Crippen molar-refractivity contribution in [3.63, 3.8) is 0 Å². The zero-order valence-electron chi connectivity index (χ0n) is 18.6. The van der Waals surface area contributed by atoms with Crippen molar-refractivity contribution in [2.75, 3.05) is 40.5 Å². The Hall–Kier alpha value is -2.93. The van der Waals surface area contributed by atoms with E-state index in [0.29, 0.717) is 19.8 Å². The second-order valence-corrected chi connectivity index (χ2v) is 7.44. The first kappa shape index (κ1) is 22.7. The molecule has 2 N–H and O–H groups in total. The first-order valence-electron chi connectivity index (χ1n) is 10.7. The average Bonchev–Trinajstić information content (AvgIpc) is 3.30. The van der Waals surface area contributed by atoms with Gasteiger partial charge >= 0.3 is 0 Å². The van der Waals surface area contributed by atoms with E-state index >= 15 is 0 Å². The molecule has 0 radical (unpaired) electrons. The number of nitrogens with zero attached hydrogens (tertiary/aromatic N) is 1. The molecule has 1 aliphatic heterocycles. The number of methoxy groups -OCH3 is 1. The van der Waals surface area contributed by atoms with Crippen LogP contribution in [0.3, 0.4) is 0 Å². The molecule has 0 aliphatic carbocycles. The fourth-order valence-corrected chi connectivity index (χ4v) is 3.24. The summed E-state index contributed by atoms with van der Waals surface area (Å²) in [5, 5.41) is 6.69. The number of aryl methyl sites for hydroxylation is 1. The SMILES string of the molecule is CN=C(NCCCOc1ccc(OC)cc1)NCc1ccc(C)cc1OC1CCOC1. The Kier molecular flexibility index (Phi) is 8.84. The van der Waals surface area contributed by atoms with Gasteiger partial charge in [-0.15, -0.1) is 0 Å². The van der Waals surface area contributed by atoms with Gasteiger partial charge in [-0.2, -0.15) is 0 Å². The lowest BCUT2D eigenvalue weighted by Crippen LogP contribution is -2.37. The molecule has 1 unspecified atom stereocenters. The van der Waals surface area contributed by atoms with Gasteiger partial charge in [0, 0.05) is 32.1 Å². The number of benzene rings is 2. The van der Waals surface area contributed by atoms with E-state index in [4.69, 9.17) is 18.9 Å². The Balaban J connectivity index is 1.40. The molecule has 2 aromatic carbocycles. The molecule has 0 saturated carbocycles. The van der Waals surface area contributed by atoms with E-state index in [1.807, 2.05) is 24.3 Å². The van der Waals surface area contributed by atoms with Crippen LogP contribution in [0.2, 0.25) is 0 Å². The molecule has 1 aliphatic rings. The first-order chi connectivity index (χ1) is 15.2. The Bertz CT molecular complexity index is 833. The van der Waals surface area contributed by atoms with Crippen LogP contribution in [0.5, 0.6) is 17.2 Å². The Morgan fingerprint density at radius 3 is 2.65 bits per heavy atom. The Morgan fingerprint density at radius 2 is 1.94 bits per heavy atom. The van der Waals surface area contributed by atoms with Crippen molar-refractivity contribution in [2.24, 2.45) is 4.99 Å². The van der Waals surface area contributed by atoms with Gasteiger partial charge in [-0.25, -0.2) is 0 Å². The molecule has 0 amide bonds. The summed E-state index contributed by atoms with van der Waals surface area (Å²) in [7, 11) is 3.42. The van der Waals surface area contributed by atoms with Crippen molar-refractivity contribution in [1.82, 2.24) is 10.6 Å². The molecule has 7 nitrogen and oxygen atoms in total. The lowest BCUT2D eigenvalue weighted by atomic mass is 10.1. The van der Waals surface area contributed by atoms with E-state index in [1.54, 1.807) is 14.2 Å². The van der Waals surface area contributed by atoms with E-state index in [1.165, 1.54) is 5.56 Å². The van der Waals surface area contributed by atoms with Gasteiger partial charge in [0.05, 0.1) is 26.9 Å². The largest absolute Gasteiger partial charge is 0.497 e. The van der Waals surface area contributed by atoms with E-state index in [-0.39, 0.29) is 6.10 Å². The standard InChI is InChI=1S/C24H33N3O4/c1-18-5-6-19(23(15-18)31-22-11-14-29-17-22)16-27-24(25-2)26-12-4-13-30-21-9-7-20(28-3)8-10-21/h5-10,15,22H,4,11-14,16-17H2,1-3H3,(H2,25,26,27). The van der Waals surface area contributed by atoms with Crippen LogP contribution in [-0.4, -0.2) is 52.6 Å². The summed E-state index contributed by atoms with van der Waals surface area (Å²) in [6.45, 7) is 5.50. The predicted molar refractivity (Wildman–Crippen MR) is 122 cm³/mol. The monoisotopic (exact) mass is 427 g/mol. The molecule has 1 fully saturated rings. The van der Waals surface area contributed by atoms with Gasteiger partial charge in [-0.05, 0) is 49.2 Å². The molecular weight excluding hydrogens is 394 g/mol. The van der Waals surface area contributed by atoms with Crippen LogP contribution in [0.25, 0.3) is 0 Å². The Morgan fingerprint density at radius 1 is 1.13 bits per heavy atom. The number of hydrogen-bond donors (Lipinski definition) is 2. The highest BCUT2D eigenvalue weighted by molar-refractivity contribution is 5.79. The molecule has 7 heteroatoms. The molecule has 0 aromatic heterocycles. The smallest absolute Gasteiger partial charge is 0.191 e. The minimum absolute atomic E-state index is 0.128. The van der Waals surface area contributed by atoms with Crippen LogP contribution in [0.4, 0.5) is 0 Å². The van der Waals surface area contributed by atoms with Gasteiger partial charge in [0.25, 0.3) is 0 Å². The number of hydrogen-bond acceptors (Lipinski definition) is 5. The fourth-order valence-electron chi connectivity index (χ4n) is 3.24. The van der Waals surface area contributed by atoms with Crippen LogP contribution < -0.4 is 24.8 Å². The van der Waals surface area contributed by atoms with E-state index in [0.717, 1.165) is 54.8 Å². The van der Waals surface area contributed by atoms with Crippen molar-refractivity contribution in [1.29, 1.82) is 0 Å². The maximum atomic E-state index is 6.17. The van der Waals surface area contributed by atoms with Gasteiger partial charge in [0.15, 0.2) is 5.96 Å². The van der Waals surface area contributed by atoms with Gasteiger partial charge in [-0.3, -0.25) is 4.99 Å². The van der Waals surface area contributed by atoms with Gasteiger partial charge in [0.2, 0.25) is 0 Å². The minimum Gasteiger partial charge on any atom is -0.497 e. The summed E-state index contributed by atoms with van der Waals surface area (Å²) in [5.74, 6) is 3.32. The normalized spacial score (nSPS) is 16.1. The summed E-state index contributed by atoms with van der Waals surface area (Å²) in [6.07, 6.45) is 1.92. The molecule has 31 heavy (non-hydrogen) atoms. The topological polar surface area (TPSA) is 73.3 Å². The maximum absolute atomic E-state index is 6.17. The van der Waals surface area contributed by atoms with Crippen molar-refractivity contribution >= 4 is 5.96 Å². The molecule has 1 atom stereocenters. The van der Waals surface area contributed by atoms with Crippen LogP contribution in [-0.2, 0) is 11.3 Å². The third-order valence-electron chi connectivity index (χ3n) is 5.02. The molecule has 3 rings (SSSR count). The highest BCUT2D eigenvalue weighted by Crippen LogP contribution is 2.23. The molecule has 1 saturated heterocycles. The summed E-state index contributed by atoms with van der Waals surface area (Å²) < 4.78 is 22.5. The van der Waals surface area contributed by atoms with Crippen LogP contribution >= 0.6 is 0 Å². The summed E-state index contributed by atoms with van der Waals surface area (Å²) in [6, 6.07) is 13.9. The number of aliphatic imine (C=N–C) groups is 1. The van der Waals surface area contributed by atoms with Crippen LogP contribution in [0, 0.1) is 6.92 Å². The van der Waals surface area contributed by atoms with Crippen molar-refractivity contribution < 1.29 is 18.9 Å². The van der Waals surface area contributed by atoms with Crippen molar-refractivity contribution in [2.45, 2.75) is 32.4 Å². The lowest BCUT2D eigenvalue weighted by molar-refractivity contribution is 0.140. The quantitative estimate of drug-likeness (QED) is 0.344. The average molecular weight is 428 g/mol. The highest BCUT2D eigenvalue weighted by atomic mass is 16.5. The molecule has 2 aromatic rings. The Labute approximate surface area is 184 Å². The van der Waals surface area contributed by atoms with E-state index < -0.39 is 0 Å². The number of ether oxygens (including phenoxy) is 4. The number of guanidine groups is 1.